The normalized spacial score (nSPS) is 12.0. The second-order valence-corrected chi connectivity index (χ2v) is 10.4. The van der Waals surface area contributed by atoms with Crippen molar-refractivity contribution in [1.29, 1.82) is 0 Å². The van der Waals surface area contributed by atoms with E-state index in [9.17, 15) is 21.6 Å². The molecular formula is C20H27N3O5S2. The number of sulfonamides is 2. The second-order valence-electron chi connectivity index (χ2n) is 6.54. The molecule has 0 saturated heterocycles. The van der Waals surface area contributed by atoms with Gasteiger partial charge < -0.3 is 5.32 Å². The Labute approximate surface area is 178 Å². The molecule has 0 radical (unpaired) electrons. The summed E-state index contributed by atoms with van der Waals surface area (Å²) < 4.78 is 51.3. The van der Waals surface area contributed by atoms with E-state index in [4.69, 9.17) is 0 Å². The van der Waals surface area contributed by atoms with Crippen LogP contribution in [-0.4, -0.2) is 52.9 Å². The zero-order valence-electron chi connectivity index (χ0n) is 17.5. The molecular weight excluding hydrogens is 426 g/mol. The van der Waals surface area contributed by atoms with Crippen LogP contribution < -0.4 is 9.62 Å². The fraction of sp³-hybridized carbons (Fsp3) is 0.350. The third-order valence-corrected chi connectivity index (χ3v) is 7.89. The molecule has 0 unspecified atom stereocenters. The first kappa shape index (κ1) is 23.8. The summed E-state index contributed by atoms with van der Waals surface area (Å²) in [5.74, 6) is -0.386. The van der Waals surface area contributed by atoms with E-state index in [2.05, 4.69) is 5.32 Å². The van der Waals surface area contributed by atoms with Gasteiger partial charge in [0.05, 0.1) is 16.8 Å². The Morgan fingerprint density at radius 1 is 0.833 bits per heavy atom. The van der Waals surface area contributed by atoms with Crippen LogP contribution in [0.5, 0.6) is 0 Å². The molecule has 0 spiro atoms. The third kappa shape index (κ3) is 5.38. The first-order valence-electron chi connectivity index (χ1n) is 9.53. The second kappa shape index (κ2) is 9.59. The zero-order chi connectivity index (χ0) is 22.5. The minimum atomic E-state index is -3.56. The summed E-state index contributed by atoms with van der Waals surface area (Å²) in [5.41, 5.74) is 1.28. The van der Waals surface area contributed by atoms with Crippen molar-refractivity contribution in [3.63, 3.8) is 0 Å². The van der Waals surface area contributed by atoms with Crippen molar-refractivity contribution >= 4 is 37.3 Å². The quantitative estimate of drug-likeness (QED) is 0.629. The summed E-state index contributed by atoms with van der Waals surface area (Å²) in [6.07, 6.45) is 1.13. The fourth-order valence-corrected chi connectivity index (χ4v) is 5.45. The van der Waals surface area contributed by atoms with Gasteiger partial charge in [0.1, 0.15) is 0 Å². The number of hydrogen-bond donors (Lipinski definition) is 1. The van der Waals surface area contributed by atoms with Crippen LogP contribution in [-0.2, 0) is 20.0 Å². The molecule has 0 fully saturated rings. The molecule has 1 amide bonds. The molecule has 164 valence electrons. The number of nitrogens with zero attached hydrogens (tertiary/aromatic N) is 2. The number of benzene rings is 2. The third-order valence-electron chi connectivity index (χ3n) is 4.56. The van der Waals surface area contributed by atoms with Crippen molar-refractivity contribution in [2.45, 2.75) is 25.7 Å². The lowest BCUT2D eigenvalue weighted by atomic mass is 10.2. The van der Waals surface area contributed by atoms with Crippen LogP contribution in [0.15, 0.2) is 53.4 Å². The molecule has 10 heteroatoms. The lowest BCUT2D eigenvalue weighted by molar-refractivity contribution is 0.102. The van der Waals surface area contributed by atoms with Gasteiger partial charge in [-0.05, 0) is 55.5 Å². The fourth-order valence-electron chi connectivity index (χ4n) is 3.01. The SMILES string of the molecule is CCN(c1ccc(C(=O)Nc2ccc(S(=O)(=O)N(CC)CC)cc2)cc1)S(C)(=O)=O. The molecule has 2 rings (SSSR count). The van der Waals surface area contributed by atoms with E-state index in [1.807, 2.05) is 0 Å². The lowest BCUT2D eigenvalue weighted by Crippen LogP contribution is -2.30. The maximum absolute atomic E-state index is 12.5. The molecule has 0 aliphatic heterocycles. The van der Waals surface area contributed by atoms with Gasteiger partial charge in [-0.25, -0.2) is 16.8 Å². The van der Waals surface area contributed by atoms with E-state index in [1.165, 1.54) is 45.0 Å². The Balaban J connectivity index is 2.15. The van der Waals surface area contributed by atoms with Crippen LogP contribution in [0.4, 0.5) is 11.4 Å². The molecule has 0 aliphatic carbocycles. The molecule has 2 aromatic rings. The first-order valence-corrected chi connectivity index (χ1v) is 12.8. The number of amides is 1. The van der Waals surface area contributed by atoms with Gasteiger partial charge in [0, 0.05) is 30.9 Å². The summed E-state index contributed by atoms with van der Waals surface area (Å²) in [5, 5.41) is 2.71. The molecule has 0 heterocycles. The lowest BCUT2D eigenvalue weighted by Gasteiger charge is -2.20. The monoisotopic (exact) mass is 453 g/mol. The van der Waals surface area contributed by atoms with Crippen LogP contribution >= 0.6 is 0 Å². The van der Waals surface area contributed by atoms with Gasteiger partial charge in [0.2, 0.25) is 20.0 Å². The van der Waals surface area contributed by atoms with E-state index in [1.54, 1.807) is 32.9 Å². The van der Waals surface area contributed by atoms with Crippen LogP contribution in [0.1, 0.15) is 31.1 Å². The van der Waals surface area contributed by atoms with Gasteiger partial charge in [-0.1, -0.05) is 13.8 Å². The predicted molar refractivity (Wildman–Crippen MR) is 119 cm³/mol. The van der Waals surface area contributed by atoms with E-state index in [0.29, 0.717) is 30.0 Å². The Bertz CT molecular complexity index is 1080. The average Bonchev–Trinajstić information content (AvgIpc) is 2.69. The van der Waals surface area contributed by atoms with Crippen molar-refractivity contribution in [2.75, 3.05) is 35.5 Å². The molecule has 0 aromatic heterocycles. The van der Waals surface area contributed by atoms with Crippen molar-refractivity contribution in [1.82, 2.24) is 4.31 Å². The Hall–Kier alpha value is -2.43. The number of hydrogen-bond acceptors (Lipinski definition) is 5. The maximum Gasteiger partial charge on any atom is 0.255 e. The number of carbonyl (C=O) groups is 1. The molecule has 30 heavy (non-hydrogen) atoms. The van der Waals surface area contributed by atoms with Crippen molar-refractivity contribution < 1.29 is 21.6 Å². The molecule has 0 saturated carbocycles. The maximum atomic E-state index is 12.5. The summed E-state index contributed by atoms with van der Waals surface area (Å²) >= 11 is 0. The van der Waals surface area contributed by atoms with Gasteiger partial charge in [0.15, 0.2) is 0 Å². The predicted octanol–water partition coefficient (Wildman–Crippen LogP) is 2.76. The number of anilines is 2. The van der Waals surface area contributed by atoms with Crippen LogP contribution in [0, 0.1) is 0 Å². The van der Waals surface area contributed by atoms with Gasteiger partial charge in [-0.3, -0.25) is 9.10 Å². The highest BCUT2D eigenvalue weighted by molar-refractivity contribution is 7.92. The van der Waals surface area contributed by atoms with E-state index < -0.39 is 20.0 Å². The van der Waals surface area contributed by atoms with E-state index in [-0.39, 0.29) is 17.3 Å². The molecule has 2 aromatic carbocycles. The van der Waals surface area contributed by atoms with Crippen molar-refractivity contribution in [3.8, 4) is 0 Å². The van der Waals surface area contributed by atoms with Crippen LogP contribution in [0.25, 0.3) is 0 Å². The highest BCUT2D eigenvalue weighted by Gasteiger charge is 2.21. The van der Waals surface area contributed by atoms with Crippen molar-refractivity contribution in [2.24, 2.45) is 0 Å². The highest BCUT2D eigenvalue weighted by atomic mass is 32.2. The summed E-state index contributed by atoms with van der Waals surface area (Å²) in [6, 6.07) is 12.2. The molecule has 0 atom stereocenters. The van der Waals surface area contributed by atoms with Gasteiger partial charge in [-0.15, -0.1) is 0 Å². The standard InChI is InChI=1S/C20H27N3O5S2/c1-5-22(6-2)30(27,28)19-14-10-17(11-15-19)21-20(24)16-8-12-18(13-9-16)23(7-3)29(4,25)26/h8-15H,5-7H2,1-4H3,(H,21,24). The largest absolute Gasteiger partial charge is 0.322 e. The molecule has 8 nitrogen and oxygen atoms in total. The first-order chi connectivity index (χ1) is 14.0. The number of rotatable bonds is 9. The topological polar surface area (TPSA) is 104 Å². The summed E-state index contributed by atoms with van der Waals surface area (Å²) in [6.45, 7) is 6.32. The Morgan fingerprint density at radius 3 is 1.80 bits per heavy atom. The average molecular weight is 454 g/mol. The summed E-state index contributed by atoms with van der Waals surface area (Å²) in [4.78, 5) is 12.6. The van der Waals surface area contributed by atoms with E-state index in [0.717, 1.165) is 6.26 Å². The van der Waals surface area contributed by atoms with Gasteiger partial charge in [-0.2, -0.15) is 4.31 Å². The Morgan fingerprint density at radius 2 is 1.37 bits per heavy atom. The van der Waals surface area contributed by atoms with Crippen molar-refractivity contribution in [3.05, 3.63) is 54.1 Å². The molecule has 1 N–H and O–H groups in total. The minimum Gasteiger partial charge on any atom is -0.322 e. The zero-order valence-corrected chi connectivity index (χ0v) is 19.1. The smallest absolute Gasteiger partial charge is 0.255 e. The van der Waals surface area contributed by atoms with Gasteiger partial charge >= 0.3 is 0 Å². The van der Waals surface area contributed by atoms with Gasteiger partial charge in [0.25, 0.3) is 5.91 Å². The summed E-state index contributed by atoms with van der Waals surface area (Å²) in [7, 11) is -6.96. The minimum absolute atomic E-state index is 0.161. The van der Waals surface area contributed by atoms with Crippen LogP contribution in [0.2, 0.25) is 0 Å². The number of nitrogens with one attached hydrogen (secondary N) is 1. The highest BCUT2D eigenvalue weighted by Crippen LogP contribution is 2.21. The Kier molecular flexibility index (Phi) is 7.62. The molecule has 0 bridgehead atoms. The van der Waals surface area contributed by atoms with Crippen LogP contribution in [0.3, 0.4) is 0 Å². The van der Waals surface area contributed by atoms with E-state index >= 15 is 0 Å². The number of carbonyl (C=O) groups excluding carboxylic acids is 1. The molecule has 0 aliphatic rings.